The van der Waals surface area contributed by atoms with Gasteiger partial charge in [0.2, 0.25) is 5.95 Å². The molecule has 0 bridgehead atoms. The highest BCUT2D eigenvalue weighted by molar-refractivity contribution is 8.18. The topological polar surface area (TPSA) is 116 Å². The number of fused-ring (bicyclic) bond motifs is 1. The fourth-order valence-corrected chi connectivity index (χ4v) is 5.90. The molecule has 0 aliphatic carbocycles. The molecular weight excluding hydrogens is 548 g/mol. The molecule has 11 heteroatoms. The number of imide groups is 1. The van der Waals surface area contributed by atoms with Gasteiger partial charge < -0.3 is 15.1 Å². The average Bonchev–Trinajstić information content (AvgIpc) is 3.33. The molecule has 0 atom stereocenters. The van der Waals surface area contributed by atoms with Crippen molar-refractivity contribution in [2.24, 2.45) is 5.92 Å². The van der Waals surface area contributed by atoms with E-state index in [4.69, 9.17) is 4.98 Å². The van der Waals surface area contributed by atoms with Gasteiger partial charge in [-0.1, -0.05) is 18.2 Å². The molecule has 3 aromatic heterocycles. The number of benzene rings is 1. The summed E-state index contributed by atoms with van der Waals surface area (Å²) in [4.78, 5) is 46.6. The molecule has 2 aliphatic rings. The number of amides is 2. The Hall–Kier alpha value is -4.35. The zero-order valence-electron chi connectivity index (χ0n) is 23.6. The number of thioether (sulfide) groups is 1. The van der Waals surface area contributed by atoms with Crippen LogP contribution in [-0.2, 0) is 11.3 Å². The Labute approximate surface area is 248 Å². The lowest BCUT2D eigenvalue weighted by molar-refractivity contribution is -0.115. The first-order chi connectivity index (χ1) is 20.4. The van der Waals surface area contributed by atoms with Crippen LogP contribution in [0.25, 0.3) is 28.2 Å². The molecule has 0 radical (unpaired) electrons. The molecule has 42 heavy (non-hydrogen) atoms. The molecule has 2 fully saturated rings. The van der Waals surface area contributed by atoms with E-state index in [9.17, 15) is 9.59 Å². The van der Waals surface area contributed by atoms with Crippen LogP contribution in [0.3, 0.4) is 0 Å². The number of anilines is 2. The van der Waals surface area contributed by atoms with Gasteiger partial charge in [0, 0.05) is 57.1 Å². The van der Waals surface area contributed by atoms with E-state index in [0.29, 0.717) is 22.5 Å². The van der Waals surface area contributed by atoms with Crippen LogP contribution >= 0.6 is 11.8 Å². The summed E-state index contributed by atoms with van der Waals surface area (Å²) >= 11 is 0.889. The van der Waals surface area contributed by atoms with Gasteiger partial charge in [-0.15, -0.1) is 0 Å². The monoisotopic (exact) mass is 580 g/mol. The molecule has 0 spiro atoms. The van der Waals surface area contributed by atoms with Crippen molar-refractivity contribution >= 4 is 51.7 Å². The van der Waals surface area contributed by atoms with E-state index in [1.54, 1.807) is 18.3 Å². The summed E-state index contributed by atoms with van der Waals surface area (Å²) in [6.45, 7) is 3.33. The largest absolute Gasteiger partial charge is 0.363 e. The summed E-state index contributed by atoms with van der Waals surface area (Å²) in [6.07, 6.45) is 7.27. The molecule has 2 N–H and O–H groups in total. The van der Waals surface area contributed by atoms with Crippen molar-refractivity contribution in [3.63, 3.8) is 0 Å². The molecule has 1 aromatic carbocycles. The predicted octanol–water partition coefficient (Wildman–Crippen LogP) is 4.48. The third-order valence-electron chi connectivity index (χ3n) is 7.51. The normalized spacial score (nSPS) is 16.8. The van der Waals surface area contributed by atoms with Gasteiger partial charge in [0.1, 0.15) is 5.82 Å². The lowest BCUT2D eigenvalue weighted by Crippen LogP contribution is -2.38. The maximum absolute atomic E-state index is 11.9. The van der Waals surface area contributed by atoms with Gasteiger partial charge in [-0.05, 0) is 79.0 Å². The Morgan fingerprint density at radius 1 is 1.07 bits per heavy atom. The molecule has 214 valence electrons. The lowest BCUT2D eigenvalue weighted by Gasteiger charge is -2.32. The number of carbonyl (C=O) groups excluding carboxylic acids is 2. The van der Waals surface area contributed by atoms with Crippen LogP contribution in [0.1, 0.15) is 24.1 Å². The van der Waals surface area contributed by atoms with Gasteiger partial charge in [0.15, 0.2) is 0 Å². The Kier molecular flexibility index (Phi) is 8.11. The van der Waals surface area contributed by atoms with Crippen LogP contribution in [-0.4, -0.2) is 64.8 Å². The minimum absolute atomic E-state index is 0.348. The third kappa shape index (κ3) is 6.27. The van der Waals surface area contributed by atoms with E-state index in [0.717, 1.165) is 84.3 Å². The number of para-hydroxylation sites is 1. The maximum Gasteiger partial charge on any atom is 0.290 e. The minimum Gasteiger partial charge on any atom is -0.363 e. The summed E-state index contributed by atoms with van der Waals surface area (Å²) < 4.78 is 0. The predicted molar refractivity (Wildman–Crippen MR) is 167 cm³/mol. The van der Waals surface area contributed by atoms with Gasteiger partial charge in [-0.3, -0.25) is 14.9 Å². The maximum atomic E-state index is 11.9. The number of pyridine rings is 2. The summed E-state index contributed by atoms with van der Waals surface area (Å²) in [5.41, 5.74) is 4.71. The first kappa shape index (κ1) is 27.8. The third-order valence-corrected chi connectivity index (χ3v) is 8.32. The number of nitrogens with one attached hydrogen (secondary N) is 2. The highest BCUT2D eigenvalue weighted by Crippen LogP contribution is 2.28. The molecule has 0 saturated carbocycles. The SMILES string of the molecule is CN(C)c1ccc(-c2nc3ccccc3cc2CNCC2CCN(c3nccc(C=C4SC(=O)NC4=O)n3)CC2)cn1. The zero-order chi connectivity index (χ0) is 29.1. The Morgan fingerprint density at radius 2 is 1.90 bits per heavy atom. The van der Waals surface area contributed by atoms with Gasteiger partial charge in [-0.25, -0.2) is 19.9 Å². The number of nitrogens with zero attached hydrogens (tertiary/aromatic N) is 6. The number of rotatable bonds is 8. The van der Waals surface area contributed by atoms with E-state index in [2.05, 4.69) is 48.7 Å². The number of aromatic nitrogens is 4. The van der Waals surface area contributed by atoms with Gasteiger partial charge >= 0.3 is 0 Å². The second kappa shape index (κ2) is 12.3. The molecule has 0 unspecified atom stereocenters. The minimum atomic E-state index is -0.385. The molecule has 6 rings (SSSR count). The lowest BCUT2D eigenvalue weighted by atomic mass is 9.96. The summed E-state index contributed by atoms with van der Waals surface area (Å²) in [5, 5.41) is 6.73. The van der Waals surface area contributed by atoms with E-state index < -0.39 is 0 Å². The van der Waals surface area contributed by atoms with Crippen molar-refractivity contribution in [2.75, 3.05) is 43.5 Å². The van der Waals surface area contributed by atoms with Crippen molar-refractivity contribution in [3.05, 3.63) is 77.1 Å². The van der Waals surface area contributed by atoms with Crippen molar-refractivity contribution < 1.29 is 9.59 Å². The van der Waals surface area contributed by atoms with E-state index in [-0.39, 0.29) is 11.1 Å². The Morgan fingerprint density at radius 3 is 2.64 bits per heavy atom. The smallest absolute Gasteiger partial charge is 0.290 e. The molecule has 2 saturated heterocycles. The standard InChI is InChI=1S/C31H32N8O2S/c1-38(2)27-8-7-22(19-34-27)28-23(15-21-5-3-4-6-25(21)36-28)18-32-17-20-10-13-39(14-11-20)30-33-12-9-24(35-30)16-26-29(40)37-31(41)42-26/h3-9,12,15-16,19-20,32H,10-11,13-14,17-18H2,1-2H3,(H,37,40,41). The highest BCUT2D eigenvalue weighted by Gasteiger charge is 2.26. The number of hydrogen-bond acceptors (Lipinski definition) is 10. The molecule has 2 amide bonds. The Bertz CT molecular complexity index is 1650. The molecule has 10 nitrogen and oxygen atoms in total. The van der Waals surface area contributed by atoms with Gasteiger partial charge in [0.05, 0.1) is 21.8 Å². The fourth-order valence-electron chi connectivity index (χ4n) is 5.23. The molecule has 2 aliphatic heterocycles. The van der Waals surface area contributed by atoms with Crippen molar-refractivity contribution in [1.82, 2.24) is 30.6 Å². The number of piperidine rings is 1. The summed E-state index contributed by atoms with van der Waals surface area (Å²) in [7, 11) is 3.97. The van der Waals surface area contributed by atoms with Crippen LogP contribution in [0.4, 0.5) is 16.6 Å². The highest BCUT2D eigenvalue weighted by atomic mass is 32.2. The first-order valence-corrected chi connectivity index (χ1v) is 14.8. The first-order valence-electron chi connectivity index (χ1n) is 14.0. The van der Waals surface area contributed by atoms with E-state index >= 15 is 0 Å². The van der Waals surface area contributed by atoms with Crippen molar-refractivity contribution in [1.29, 1.82) is 0 Å². The summed E-state index contributed by atoms with van der Waals surface area (Å²) in [6, 6.07) is 16.3. The molecule has 5 heterocycles. The Balaban J connectivity index is 1.08. The van der Waals surface area contributed by atoms with E-state index in [1.807, 2.05) is 49.5 Å². The van der Waals surface area contributed by atoms with Crippen LogP contribution in [0.15, 0.2) is 65.8 Å². The quantitative estimate of drug-likeness (QED) is 0.289. The zero-order valence-corrected chi connectivity index (χ0v) is 24.4. The number of carbonyl (C=O) groups is 2. The van der Waals surface area contributed by atoms with Crippen molar-refractivity contribution in [2.45, 2.75) is 19.4 Å². The van der Waals surface area contributed by atoms with Crippen molar-refractivity contribution in [3.8, 4) is 11.3 Å². The van der Waals surface area contributed by atoms with Crippen LogP contribution in [0.5, 0.6) is 0 Å². The van der Waals surface area contributed by atoms with Crippen LogP contribution < -0.4 is 20.4 Å². The average molecular weight is 581 g/mol. The molecular formula is C31H32N8O2S. The van der Waals surface area contributed by atoms with Gasteiger partial charge in [0.25, 0.3) is 11.1 Å². The van der Waals surface area contributed by atoms with Gasteiger partial charge in [-0.2, -0.15) is 0 Å². The molecule has 4 aromatic rings. The second-order valence-electron chi connectivity index (χ2n) is 10.7. The summed E-state index contributed by atoms with van der Waals surface area (Å²) in [5.74, 6) is 1.71. The van der Waals surface area contributed by atoms with Crippen LogP contribution in [0.2, 0.25) is 0 Å². The number of hydrogen-bond donors (Lipinski definition) is 2. The fraction of sp³-hybridized carbons (Fsp3) is 0.290. The van der Waals surface area contributed by atoms with Crippen LogP contribution in [0, 0.1) is 5.92 Å². The van der Waals surface area contributed by atoms with E-state index in [1.165, 1.54) is 0 Å². The second-order valence-corrected chi connectivity index (χ2v) is 11.7.